The van der Waals surface area contributed by atoms with Crippen molar-refractivity contribution in [1.29, 1.82) is 0 Å². The summed E-state index contributed by atoms with van der Waals surface area (Å²) in [5.41, 5.74) is 2.79. The molecule has 7 heteroatoms. The first kappa shape index (κ1) is 19.4. The molecule has 1 aromatic heterocycles. The van der Waals surface area contributed by atoms with Crippen molar-refractivity contribution >= 4 is 26.6 Å². The van der Waals surface area contributed by atoms with E-state index in [0.29, 0.717) is 23.0 Å². The quantitative estimate of drug-likeness (QED) is 0.700. The molecule has 144 valence electrons. The van der Waals surface area contributed by atoms with E-state index in [2.05, 4.69) is 5.32 Å². The minimum atomic E-state index is -3.80. The lowest BCUT2D eigenvalue weighted by atomic mass is 10.2. The zero-order chi connectivity index (χ0) is 19.8. The first-order chi connectivity index (χ1) is 12.7. The lowest BCUT2D eigenvalue weighted by molar-refractivity contribution is 0.425. The fourth-order valence-corrected chi connectivity index (χ4v) is 4.62. The summed E-state index contributed by atoms with van der Waals surface area (Å²) in [5.74, 6) is -0.385. The average Bonchev–Trinajstić information content (AvgIpc) is 2.91. The van der Waals surface area contributed by atoms with Gasteiger partial charge >= 0.3 is 0 Å². The standard InChI is InChI=1S/C20H24FN3O2S/c1-14-9-17(22-7-8-23(3)4)12-18(10-14)27(25,26)24-13-15(2)19-11-16(21)5-6-20(19)24/h5-6,9-13,22H,7-8H2,1-4H3. The van der Waals surface area contributed by atoms with Gasteiger partial charge in [-0.1, -0.05) is 0 Å². The van der Waals surface area contributed by atoms with Crippen LogP contribution >= 0.6 is 0 Å². The minimum Gasteiger partial charge on any atom is -0.384 e. The van der Waals surface area contributed by atoms with Crippen molar-refractivity contribution in [3.05, 3.63) is 59.5 Å². The van der Waals surface area contributed by atoms with E-state index in [1.807, 2.05) is 32.0 Å². The van der Waals surface area contributed by atoms with Crippen molar-refractivity contribution < 1.29 is 12.8 Å². The first-order valence-corrected chi connectivity index (χ1v) is 10.2. The highest BCUT2D eigenvalue weighted by Gasteiger charge is 2.21. The van der Waals surface area contributed by atoms with Crippen LogP contribution in [-0.2, 0) is 10.0 Å². The Balaban J connectivity index is 2.04. The lowest BCUT2D eigenvalue weighted by Crippen LogP contribution is -2.21. The van der Waals surface area contributed by atoms with E-state index in [4.69, 9.17) is 0 Å². The fraction of sp³-hybridized carbons (Fsp3) is 0.300. The van der Waals surface area contributed by atoms with Crippen molar-refractivity contribution in [1.82, 2.24) is 8.87 Å². The summed E-state index contributed by atoms with van der Waals surface area (Å²) in [6, 6.07) is 9.35. The summed E-state index contributed by atoms with van der Waals surface area (Å²) in [6.07, 6.45) is 1.54. The molecular formula is C20H24FN3O2S. The number of nitrogens with one attached hydrogen (secondary N) is 1. The van der Waals surface area contributed by atoms with E-state index in [-0.39, 0.29) is 10.7 Å². The number of hydrogen-bond donors (Lipinski definition) is 1. The molecule has 1 heterocycles. The summed E-state index contributed by atoms with van der Waals surface area (Å²) in [7, 11) is 0.164. The molecule has 0 saturated carbocycles. The van der Waals surface area contributed by atoms with Gasteiger partial charge in [-0.25, -0.2) is 16.8 Å². The molecule has 27 heavy (non-hydrogen) atoms. The van der Waals surface area contributed by atoms with Gasteiger partial charge in [-0.3, -0.25) is 0 Å². The number of benzene rings is 2. The van der Waals surface area contributed by atoms with Crippen molar-refractivity contribution in [2.45, 2.75) is 18.7 Å². The van der Waals surface area contributed by atoms with Crippen LogP contribution < -0.4 is 5.32 Å². The van der Waals surface area contributed by atoms with Gasteiger partial charge in [0.25, 0.3) is 10.0 Å². The molecule has 3 rings (SSSR count). The number of aryl methyl sites for hydroxylation is 2. The van der Waals surface area contributed by atoms with E-state index >= 15 is 0 Å². The van der Waals surface area contributed by atoms with E-state index < -0.39 is 10.0 Å². The lowest BCUT2D eigenvalue weighted by Gasteiger charge is -2.14. The molecule has 1 N–H and O–H groups in total. The Labute approximate surface area is 159 Å². The van der Waals surface area contributed by atoms with Crippen LogP contribution in [0.15, 0.2) is 47.5 Å². The molecule has 3 aromatic rings. The minimum absolute atomic E-state index is 0.205. The third-order valence-electron chi connectivity index (χ3n) is 4.43. The molecule has 0 radical (unpaired) electrons. The first-order valence-electron chi connectivity index (χ1n) is 8.71. The normalized spacial score (nSPS) is 12.1. The van der Waals surface area contributed by atoms with Gasteiger partial charge in [-0.05, 0) is 75.5 Å². The second kappa shape index (κ2) is 7.32. The topological polar surface area (TPSA) is 54.3 Å². The van der Waals surface area contributed by atoms with Crippen LogP contribution in [0.3, 0.4) is 0 Å². The molecule has 0 saturated heterocycles. The Bertz CT molecular complexity index is 1090. The number of nitrogens with zero attached hydrogens (tertiary/aromatic N) is 2. The number of fused-ring (bicyclic) bond motifs is 1. The van der Waals surface area contributed by atoms with Gasteiger partial charge < -0.3 is 10.2 Å². The van der Waals surface area contributed by atoms with Gasteiger partial charge in [0, 0.05) is 30.4 Å². The predicted octanol–water partition coefficient (Wildman–Crippen LogP) is 3.61. The van der Waals surface area contributed by atoms with Gasteiger partial charge in [-0.2, -0.15) is 0 Å². The van der Waals surface area contributed by atoms with Gasteiger partial charge in [0.1, 0.15) is 5.82 Å². The molecule has 0 aliphatic carbocycles. The zero-order valence-corrected chi connectivity index (χ0v) is 16.8. The second-order valence-electron chi connectivity index (χ2n) is 7.04. The molecule has 0 unspecified atom stereocenters. The Morgan fingerprint density at radius 3 is 2.56 bits per heavy atom. The molecule has 0 aliphatic heterocycles. The zero-order valence-electron chi connectivity index (χ0n) is 16.0. The molecule has 0 amide bonds. The largest absolute Gasteiger partial charge is 0.384 e. The van der Waals surface area contributed by atoms with Gasteiger partial charge in [-0.15, -0.1) is 0 Å². The van der Waals surface area contributed by atoms with E-state index in [9.17, 15) is 12.8 Å². The van der Waals surface area contributed by atoms with Crippen molar-refractivity contribution in [2.75, 3.05) is 32.5 Å². The van der Waals surface area contributed by atoms with Crippen LogP contribution in [0, 0.1) is 19.7 Å². The summed E-state index contributed by atoms with van der Waals surface area (Å²) >= 11 is 0. The SMILES string of the molecule is Cc1cc(NCCN(C)C)cc(S(=O)(=O)n2cc(C)c3cc(F)ccc32)c1. The molecule has 5 nitrogen and oxygen atoms in total. The highest BCUT2D eigenvalue weighted by Crippen LogP contribution is 2.28. The van der Waals surface area contributed by atoms with Crippen LogP contribution in [0.2, 0.25) is 0 Å². The summed E-state index contributed by atoms with van der Waals surface area (Å²) in [6.45, 7) is 5.19. The van der Waals surface area contributed by atoms with Crippen LogP contribution in [-0.4, -0.2) is 44.5 Å². The van der Waals surface area contributed by atoms with Crippen molar-refractivity contribution in [3.63, 3.8) is 0 Å². The molecule has 0 atom stereocenters. The van der Waals surface area contributed by atoms with Crippen LogP contribution in [0.25, 0.3) is 10.9 Å². The number of anilines is 1. The maximum absolute atomic E-state index is 13.6. The van der Waals surface area contributed by atoms with Gasteiger partial charge in [0.05, 0.1) is 10.4 Å². The molecule has 2 aromatic carbocycles. The van der Waals surface area contributed by atoms with E-state index in [0.717, 1.165) is 17.8 Å². The fourth-order valence-electron chi connectivity index (χ4n) is 3.07. The number of likely N-dealkylation sites (N-methyl/N-ethyl adjacent to an activating group) is 1. The summed E-state index contributed by atoms with van der Waals surface area (Å²) in [5, 5.41) is 3.86. The van der Waals surface area contributed by atoms with Crippen molar-refractivity contribution in [3.8, 4) is 0 Å². The average molecular weight is 389 g/mol. The Morgan fingerprint density at radius 2 is 1.85 bits per heavy atom. The molecular weight excluding hydrogens is 365 g/mol. The summed E-state index contributed by atoms with van der Waals surface area (Å²) < 4.78 is 41.3. The second-order valence-corrected chi connectivity index (χ2v) is 8.85. The monoisotopic (exact) mass is 389 g/mol. The van der Waals surface area contributed by atoms with E-state index in [1.54, 1.807) is 25.3 Å². The smallest absolute Gasteiger partial charge is 0.268 e. The van der Waals surface area contributed by atoms with Crippen LogP contribution in [0.4, 0.5) is 10.1 Å². The van der Waals surface area contributed by atoms with Crippen LogP contribution in [0.1, 0.15) is 11.1 Å². The van der Waals surface area contributed by atoms with E-state index in [1.165, 1.54) is 22.2 Å². The molecule has 0 spiro atoms. The Morgan fingerprint density at radius 1 is 1.11 bits per heavy atom. The Hall–Kier alpha value is -2.38. The molecule has 0 bridgehead atoms. The third kappa shape index (κ3) is 3.99. The van der Waals surface area contributed by atoms with Gasteiger partial charge in [0.2, 0.25) is 0 Å². The number of hydrogen-bond acceptors (Lipinski definition) is 4. The molecule has 0 fully saturated rings. The maximum atomic E-state index is 13.6. The maximum Gasteiger partial charge on any atom is 0.268 e. The number of rotatable bonds is 6. The highest BCUT2D eigenvalue weighted by atomic mass is 32.2. The highest BCUT2D eigenvalue weighted by molar-refractivity contribution is 7.90. The molecule has 0 aliphatic rings. The number of aromatic nitrogens is 1. The third-order valence-corrected chi connectivity index (χ3v) is 6.08. The van der Waals surface area contributed by atoms with Crippen LogP contribution in [0.5, 0.6) is 0 Å². The van der Waals surface area contributed by atoms with Gasteiger partial charge in [0.15, 0.2) is 0 Å². The Kier molecular flexibility index (Phi) is 5.26. The van der Waals surface area contributed by atoms with Crippen molar-refractivity contribution in [2.24, 2.45) is 0 Å². The number of halogens is 1. The summed E-state index contributed by atoms with van der Waals surface area (Å²) in [4.78, 5) is 2.25. The predicted molar refractivity (Wildman–Crippen MR) is 107 cm³/mol.